The Balaban J connectivity index is 1.97. The lowest BCUT2D eigenvalue weighted by molar-refractivity contribution is -0.129. The van der Waals surface area contributed by atoms with Gasteiger partial charge in [0.05, 0.1) is 12.1 Å². The lowest BCUT2D eigenvalue weighted by Crippen LogP contribution is -2.53. The van der Waals surface area contributed by atoms with E-state index < -0.39 is 12.1 Å². The van der Waals surface area contributed by atoms with E-state index >= 15 is 0 Å². The Morgan fingerprint density at radius 2 is 1.78 bits per heavy atom. The first-order chi connectivity index (χ1) is 15.3. The van der Waals surface area contributed by atoms with Gasteiger partial charge in [0.15, 0.2) is 0 Å². The normalized spacial score (nSPS) is 25.6. The van der Waals surface area contributed by atoms with E-state index in [1.165, 1.54) is 30.4 Å². The number of rotatable bonds is 5. The molecule has 1 aliphatic rings. The number of hydrogen-bond donors (Lipinski definition) is 4. The monoisotopic (exact) mass is 445 g/mol. The van der Waals surface area contributed by atoms with Crippen molar-refractivity contribution in [1.29, 1.82) is 0 Å². The highest BCUT2D eigenvalue weighted by Crippen LogP contribution is 2.18. The number of carbonyl (C=O) groups excluding carboxylic acids is 2. The Kier molecular flexibility index (Phi) is 11.7. The molecule has 1 heterocycles. The maximum absolute atomic E-state index is 12.7. The van der Waals surface area contributed by atoms with Crippen LogP contribution in [0.25, 0.3) is 0 Å². The number of amides is 2. The number of nitrogens with one attached hydrogen (secondary N) is 3. The molecule has 2 rings (SSSR count). The van der Waals surface area contributed by atoms with Gasteiger partial charge in [0.25, 0.3) is 0 Å². The molecule has 1 aromatic rings. The second kappa shape index (κ2) is 14.3. The first-order valence-corrected chi connectivity index (χ1v) is 12.4. The topological polar surface area (TPSA) is 90.5 Å². The molecule has 32 heavy (non-hydrogen) atoms. The first kappa shape index (κ1) is 26.3. The van der Waals surface area contributed by atoms with Crippen molar-refractivity contribution in [1.82, 2.24) is 16.0 Å². The van der Waals surface area contributed by atoms with Gasteiger partial charge in [0.1, 0.15) is 6.04 Å². The van der Waals surface area contributed by atoms with E-state index in [0.717, 1.165) is 32.1 Å². The third kappa shape index (κ3) is 10.1. The van der Waals surface area contributed by atoms with Crippen LogP contribution < -0.4 is 16.0 Å². The predicted octanol–water partition coefficient (Wildman–Crippen LogP) is 3.60. The molecule has 2 unspecified atom stereocenters. The minimum atomic E-state index is -0.701. The number of aliphatic hydroxyl groups excluding tert-OH is 1. The van der Waals surface area contributed by atoms with Crippen LogP contribution in [0.1, 0.15) is 82.8 Å². The fraction of sp³-hybridized carbons (Fsp3) is 0.692. The van der Waals surface area contributed by atoms with Crippen molar-refractivity contribution < 1.29 is 14.7 Å². The largest absolute Gasteiger partial charge is 0.390 e. The van der Waals surface area contributed by atoms with Crippen LogP contribution >= 0.6 is 0 Å². The number of hydrogen-bond acceptors (Lipinski definition) is 4. The quantitative estimate of drug-likeness (QED) is 0.557. The van der Waals surface area contributed by atoms with Crippen LogP contribution in [-0.4, -0.2) is 41.7 Å². The third-order valence-corrected chi connectivity index (χ3v) is 6.34. The highest BCUT2D eigenvalue weighted by Gasteiger charge is 2.26. The van der Waals surface area contributed by atoms with Crippen LogP contribution in [0.5, 0.6) is 0 Å². The molecule has 0 bridgehead atoms. The van der Waals surface area contributed by atoms with E-state index in [1.54, 1.807) is 6.92 Å². The molecule has 180 valence electrons. The van der Waals surface area contributed by atoms with E-state index in [2.05, 4.69) is 48.0 Å². The van der Waals surface area contributed by atoms with Crippen LogP contribution in [0.4, 0.5) is 0 Å². The fourth-order valence-corrected chi connectivity index (χ4v) is 4.36. The molecule has 0 saturated carbocycles. The second-order valence-electron chi connectivity index (χ2n) is 9.59. The summed E-state index contributed by atoms with van der Waals surface area (Å²) in [5, 5.41) is 20.0. The Bertz CT molecular complexity index is 709. The molecule has 1 saturated heterocycles. The molecule has 2 amide bonds. The van der Waals surface area contributed by atoms with E-state index in [-0.39, 0.29) is 17.9 Å². The van der Waals surface area contributed by atoms with Crippen LogP contribution in [0.2, 0.25) is 0 Å². The summed E-state index contributed by atoms with van der Waals surface area (Å²) in [7, 11) is 0. The molecule has 0 radical (unpaired) electrons. The maximum atomic E-state index is 12.7. The summed E-state index contributed by atoms with van der Waals surface area (Å²) in [5.74, 6) is 0.0925. The molecule has 4 N–H and O–H groups in total. The lowest BCUT2D eigenvalue weighted by atomic mass is 9.92. The highest BCUT2D eigenvalue weighted by atomic mass is 16.3. The fourth-order valence-electron chi connectivity index (χ4n) is 4.36. The van der Waals surface area contributed by atoms with Crippen LogP contribution in [0.15, 0.2) is 24.3 Å². The average Bonchev–Trinajstić information content (AvgIpc) is 2.74. The summed E-state index contributed by atoms with van der Waals surface area (Å²) in [4.78, 5) is 24.9. The molecule has 6 nitrogen and oxygen atoms in total. The van der Waals surface area contributed by atoms with Gasteiger partial charge in [0, 0.05) is 19.5 Å². The number of aliphatic hydroxyl groups is 1. The first-order valence-electron chi connectivity index (χ1n) is 12.4. The van der Waals surface area contributed by atoms with Crippen molar-refractivity contribution in [3.05, 3.63) is 35.4 Å². The standard InChI is InChI=1S/C26H43N3O3/c1-19-12-10-13-22(15-19)17-27-18-24(30)23-16-20(2)11-8-6-4-5-7-9-14-25(31)28-21(3)26(32)29-23/h10,12-13,15,20-21,23-24,27,30H,4-9,11,14,16-18H2,1-3H3,(H,28,31)(H,29,32)/t20-,21+,23?,24?/m1/s1. The molecule has 1 aromatic carbocycles. The minimum Gasteiger partial charge on any atom is -0.390 e. The average molecular weight is 446 g/mol. The van der Waals surface area contributed by atoms with Gasteiger partial charge in [-0.2, -0.15) is 0 Å². The maximum Gasteiger partial charge on any atom is 0.242 e. The van der Waals surface area contributed by atoms with Crippen molar-refractivity contribution in [3.63, 3.8) is 0 Å². The zero-order chi connectivity index (χ0) is 23.3. The van der Waals surface area contributed by atoms with Gasteiger partial charge in [-0.15, -0.1) is 0 Å². The van der Waals surface area contributed by atoms with Gasteiger partial charge < -0.3 is 21.1 Å². The van der Waals surface area contributed by atoms with Crippen molar-refractivity contribution in [2.24, 2.45) is 5.92 Å². The third-order valence-electron chi connectivity index (χ3n) is 6.34. The van der Waals surface area contributed by atoms with Gasteiger partial charge in [-0.3, -0.25) is 9.59 Å². The summed E-state index contributed by atoms with van der Waals surface area (Å²) in [6, 6.07) is 7.32. The van der Waals surface area contributed by atoms with Gasteiger partial charge in [0.2, 0.25) is 11.8 Å². The molecule has 4 atom stereocenters. The van der Waals surface area contributed by atoms with Crippen molar-refractivity contribution in [3.8, 4) is 0 Å². The van der Waals surface area contributed by atoms with E-state index in [4.69, 9.17) is 0 Å². The van der Waals surface area contributed by atoms with Gasteiger partial charge in [-0.25, -0.2) is 0 Å². The molecule has 0 aromatic heterocycles. The summed E-state index contributed by atoms with van der Waals surface area (Å²) in [5.41, 5.74) is 2.38. The molecular weight excluding hydrogens is 402 g/mol. The van der Waals surface area contributed by atoms with Crippen molar-refractivity contribution >= 4 is 11.8 Å². The summed E-state index contributed by atoms with van der Waals surface area (Å²) < 4.78 is 0. The zero-order valence-corrected chi connectivity index (χ0v) is 20.2. The van der Waals surface area contributed by atoms with Crippen LogP contribution in [-0.2, 0) is 16.1 Å². The number of benzene rings is 1. The molecular formula is C26H43N3O3. The van der Waals surface area contributed by atoms with Gasteiger partial charge >= 0.3 is 0 Å². The zero-order valence-electron chi connectivity index (χ0n) is 20.2. The van der Waals surface area contributed by atoms with Crippen LogP contribution in [0.3, 0.4) is 0 Å². The second-order valence-corrected chi connectivity index (χ2v) is 9.59. The predicted molar refractivity (Wildman–Crippen MR) is 129 cm³/mol. The SMILES string of the molecule is Cc1cccc(CNCC(O)C2C[C@H](C)CCCCCCCCC(=O)N[C@@H](C)C(=O)N2)c1. The molecule has 0 aliphatic carbocycles. The summed E-state index contributed by atoms with van der Waals surface area (Å²) >= 11 is 0. The Labute approximate surface area is 193 Å². The molecule has 0 spiro atoms. The Hall–Kier alpha value is -1.92. The van der Waals surface area contributed by atoms with Crippen molar-refractivity contribution in [2.75, 3.05) is 6.54 Å². The van der Waals surface area contributed by atoms with E-state index in [1.807, 2.05) is 6.07 Å². The summed E-state index contributed by atoms with van der Waals surface area (Å²) in [6.45, 7) is 7.03. The lowest BCUT2D eigenvalue weighted by Gasteiger charge is -2.28. The van der Waals surface area contributed by atoms with E-state index in [0.29, 0.717) is 25.4 Å². The van der Waals surface area contributed by atoms with E-state index in [9.17, 15) is 14.7 Å². The van der Waals surface area contributed by atoms with Gasteiger partial charge in [-0.1, -0.05) is 75.3 Å². The molecule has 1 fully saturated rings. The molecule has 1 aliphatic heterocycles. The minimum absolute atomic E-state index is 0.0787. The smallest absolute Gasteiger partial charge is 0.242 e. The summed E-state index contributed by atoms with van der Waals surface area (Å²) in [6.07, 6.45) is 8.24. The number of carbonyl (C=O) groups is 2. The highest BCUT2D eigenvalue weighted by molar-refractivity contribution is 5.87. The Morgan fingerprint density at radius 3 is 2.53 bits per heavy atom. The van der Waals surface area contributed by atoms with Crippen LogP contribution in [0, 0.1) is 12.8 Å². The number of aryl methyl sites for hydroxylation is 1. The van der Waals surface area contributed by atoms with Gasteiger partial charge in [-0.05, 0) is 38.2 Å². The molecule has 6 heteroatoms. The Morgan fingerprint density at radius 1 is 1.06 bits per heavy atom. The van der Waals surface area contributed by atoms with Crippen molar-refractivity contribution in [2.45, 2.75) is 103 Å².